The van der Waals surface area contributed by atoms with Crippen LogP contribution in [0.25, 0.3) is 0 Å². The molecule has 0 aromatic heterocycles. The molecule has 0 aliphatic carbocycles. The molecular weight excluding hydrogens is 458 g/mol. The fourth-order valence-electron chi connectivity index (χ4n) is 2.50. The van der Waals surface area contributed by atoms with E-state index < -0.39 is 0 Å². The average Bonchev–Trinajstić information content (AvgIpc) is 2.82. The standard InChI is InChI=1S/C16H30O2.C8H15NO2.C5H8O2/c1-4-5-6-7-8-9-10-11-12-13-14-18-16(17)15(2)3;1-7(2)8(10)11-6-5-9(3)4;1-4(2)5(6)7-3/h2,4-14H2,1,3H3;1,5-6H2,2-4H3;1H2,2-3H3. The molecule has 0 rings (SSSR count). The zero-order valence-electron chi connectivity index (χ0n) is 24.2. The van der Waals surface area contributed by atoms with E-state index in [1.807, 2.05) is 19.0 Å². The SMILES string of the molecule is C=C(C)C(=O)OC.C=C(C)C(=O)OCCCCCCCCCCCC.C=C(C)C(=O)OCCN(C)C. The van der Waals surface area contributed by atoms with Gasteiger partial charge in [-0.3, -0.25) is 0 Å². The highest BCUT2D eigenvalue weighted by Crippen LogP contribution is 2.10. The molecule has 7 nitrogen and oxygen atoms in total. The largest absolute Gasteiger partial charge is 0.466 e. The lowest BCUT2D eigenvalue weighted by Crippen LogP contribution is -2.20. The molecule has 0 saturated heterocycles. The summed E-state index contributed by atoms with van der Waals surface area (Å²) in [5.41, 5.74) is 1.37. The fourth-order valence-corrected chi connectivity index (χ4v) is 2.50. The van der Waals surface area contributed by atoms with Gasteiger partial charge in [0.2, 0.25) is 0 Å². The highest BCUT2D eigenvalue weighted by molar-refractivity contribution is 5.87. The molecule has 0 fully saturated rings. The van der Waals surface area contributed by atoms with Crippen LogP contribution in [0.5, 0.6) is 0 Å². The van der Waals surface area contributed by atoms with Crippen molar-refractivity contribution in [3.05, 3.63) is 36.5 Å². The molecule has 0 radical (unpaired) electrons. The van der Waals surface area contributed by atoms with Crippen molar-refractivity contribution in [2.24, 2.45) is 0 Å². The Morgan fingerprint density at radius 1 is 0.611 bits per heavy atom. The van der Waals surface area contributed by atoms with Gasteiger partial charge in [0.1, 0.15) is 6.61 Å². The molecule has 0 aromatic rings. The van der Waals surface area contributed by atoms with Crippen molar-refractivity contribution < 1.29 is 28.6 Å². The molecule has 0 amide bonds. The van der Waals surface area contributed by atoms with Gasteiger partial charge in [0.15, 0.2) is 0 Å². The third kappa shape index (κ3) is 31.6. The van der Waals surface area contributed by atoms with E-state index in [1.165, 1.54) is 64.9 Å². The van der Waals surface area contributed by atoms with Crippen LogP contribution in [-0.4, -0.2) is 63.8 Å². The van der Waals surface area contributed by atoms with Gasteiger partial charge in [0.25, 0.3) is 0 Å². The molecule has 0 aromatic carbocycles. The van der Waals surface area contributed by atoms with Crippen molar-refractivity contribution in [2.45, 2.75) is 91.9 Å². The number of unbranched alkanes of at least 4 members (excludes halogenated alkanes) is 9. The highest BCUT2D eigenvalue weighted by atomic mass is 16.5. The van der Waals surface area contributed by atoms with Crippen LogP contribution in [0.3, 0.4) is 0 Å². The number of methoxy groups -OCH3 is 1. The second-order valence-electron chi connectivity index (χ2n) is 9.09. The predicted molar refractivity (Wildman–Crippen MR) is 149 cm³/mol. The van der Waals surface area contributed by atoms with Crippen molar-refractivity contribution in [1.82, 2.24) is 4.90 Å². The van der Waals surface area contributed by atoms with Crippen molar-refractivity contribution in [3.63, 3.8) is 0 Å². The van der Waals surface area contributed by atoms with E-state index in [0.29, 0.717) is 29.9 Å². The summed E-state index contributed by atoms with van der Waals surface area (Å²) in [6, 6.07) is 0. The lowest BCUT2D eigenvalue weighted by Gasteiger charge is -2.09. The summed E-state index contributed by atoms with van der Waals surface area (Å²) in [4.78, 5) is 34.0. The number of carbonyl (C=O) groups is 3. The molecule has 0 N–H and O–H groups in total. The molecule has 36 heavy (non-hydrogen) atoms. The van der Waals surface area contributed by atoms with Crippen LogP contribution in [0, 0.1) is 0 Å². The van der Waals surface area contributed by atoms with E-state index >= 15 is 0 Å². The minimum atomic E-state index is -0.347. The first-order chi connectivity index (χ1) is 16.9. The first-order valence-electron chi connectivity index (χ1n) is 12.9. The molecule has 0 heterocycles. The summed E-state index contributed by atoms with van der Waals surface area (Å²) in [5, 5.41) is 0. The van der Waals surface area contributed by atoms with Gasteiger partial charge in [-0.25, -0.2) is 14.4 Å². The molecule has 0 saturated carbocycles. The van der Waals surface area contributed by atoms with Gasteiger partial charge in [-0.2, -0.15) is 0 Å². The van der Waals surface area contributed by atoms with Gasteiger partial charge in [0, 0.05) is 23.3 Å². The van der Waals surface area contributed by atoms with Crippen LogP contribution >= 0.6 is 0 Å². The monoisotopic (exact) mass is 511 g/mol. The van der Waals surface area contributed by atoms with Gasteiger partial charge < -0.3 is 19.1 Å². The number of hydrogen-bond acceptors (Lipinski definition) is 7. The zero-order valence-corrected chi connectivity index (χ0v) is 24.2. The van der Waals surface area contributed by atoms with Crippen molar-refractivity contribution in [3.8, 4) is 0 Å². The maximum atomic E-state index is 11.1. The van der Waals surface area contributed by atoms with Crippen LogP contribution in [0.4, 0.5) is 0 Å². The van der Waals surface area contributed by atoms with E-state index in [0.717, 1.165) is 13.0 Å². The number of esters is 3. The van der Waals surface area contributed by atoms with Crippen LogP contribution in [0.2, 0.25) is 0 Å². The number of rotatable bonds is 17. The number of carbonyl (C=O) groups excluding carboxylic acids is 3. The zero-order chi connectivity index (χ0) is 28.4. The minimum absolute atomic E-state index is 0.258. The molecule has 210 valence electrons. The minimum Gasteiger partial charge on any atom is -0.466 e. The first kappa shape index (κ1) is 38.1. The number of likely N-dealkylation sites (N-methyl/N-ethyl adjacent to an activating group) is 1. The smallest absolute Gasteiger partial charge is 0.333 e. The van der Waals surface area contributed by atoms with E-state index in [4.69, 9.17) is 9.47 Å². The Labute approximate surface area is 220 Å². The Balaban J connectivity index is -0.000000512. The number of hydrogen-bond donors (Lipinski definition) is 0. The Hall–Kier alpha value is -2.41. The van der Waals surface area contributed by atoms with Gasteiger partial charge in [-0.1, -0.05) is 84.4 Å². The normalized spacial score (nSPS) is 9.67. The maximum absolute atomic E-state index is 11.1. The van der Waals surface area contributed by atoms with Crippen LogP contribution < -0.4 is 0 Å². The summed E-state index contributed by atoms with van der Waals surface area (Å²) in [5.74, 6) is -0.919. The third-order valence-corrected chi connectivity index (χ3v) is 4.73. The summed E-state index contributed by atoms with van der Waals surface area (Å²) in [6.07, 6.45) is 13.0. The van der Waals surface area contributed by atoms with Crippen molar-refractivity contribution in [2.75, 3.05) is 41.0 Å². The second-order valence-corrected chi connectivity index (χ2v) is 9.09. The van der Waals surface area contributed by atoms with Crippen LogP contribution in [0.1, 0.15) is 91.9 Å². The maximum Gasteiger partial charge on any atom is 0.333 e. The molecule has 0 aliphatic heterocycles. The highest BCUT2D eigenvalue weighted by Gasteiger charge is 2.02. The lowest BCUT2D eigenvalue weighted by molar-refractivity contribution is -0.140. The quantitative estimate of drug-likeness (QED) is 0.0963. The van der Waals surface area contributed by atoms with Gasteiger partial charge in [-0.05, 0) is 41.3 Å². The van der Waals surface area contributed by atoms with E-state index in [1.54, 1.807) is 20.8 Å². The molecule has 7 heteroatoms. The van der Waals surface area contributed by atoms with Gasteiger partial charge in [0.05, 0.1) is 13.7 Å². The van der Waals surface area contributed by atoms with Crippen LogP contribution in [-0.2, 0) is 28.6 Å². The third-order valence-electron chi connectivity index (χ3n) is 4.73. The lowest BCUT2D eigenvalue weighted by atomic mass is 10.1. The molecule has 0 spiro atoms. The Morgan fingerprint density at radius 3 is 1.28 bits per heavy atom. The Bertz CT molecular complexity index is 640. The second kappa shape index (κ2) is 27.2. The Morgan fingerprint density at radius 2 is 0.972 bits per heavy atom. The number of ether oxygens (including phenoxy) is 3. The van der Waals surface area contributed by atoms with Crippen LogP contribution in [0.15, 0.2) is 36.5 Å². The molecule has 0 unspecified atom stereocenters. The fraction of sp³-hybridized carbons (Fsp3) is 0.690. The topological polar surface area (TPSA) is 82.1 Å². The van der Waals surface area contributed by atoms with E-state index in [9.17, 15) is 14.4 Å². The van der Waals surface area contributed by atoms with Gasteiger partial charge in [-0.15, -0.1) is 0 Å². The number of nitrogens with zero attached hydrogens (tertiary/aromatic N) is 1. The predicted octanol–water partition coefficient (Wildman–Crippen LogP) is 6.43. The first-order valence-corrected chi connectivity index (χ1v) is 12.9. The Kier molecular flexibility index (Phi) is 28.8. The molecule has 0 atom stereocenters. The average molecular weight is 512 g/mol. The summed E-state index contributed by atoms with van der Waals surface area (Å²) in [6.45, 7) is 19.3. The summed E-state index contributed by atoms with van der Waals surface area (Å²) in [7, 11) is 5.18. The van der Waals surface area contributed by atoms with Gasteiger partial charge >= 0.3 is 17.9 Å². The molecule has 0 bridgehead atoms. The summed E-state index contributed by atoms with van der Waals surface area (Å²) < 4.78 is 14.1. The van der Waals surface area contributed by atoms with Crippen molar-refractivity contribution >= 4 is 17.9 Å². The van der Waals surface area contributed by atoms with E-state index in [-0.39, 0.29) is 17.9 Å². The van der Waals surface area contributed by atoms with Crippen molar-refractivity contribution in [1.29, 1.82) is 0 Å². The molecule has 0 aliphatic rings. The van der Waals surface area contributed by atoms with E-state index in [2.05, 4.69) is 31.4 Å². The summed E-state index contributed by atoms with van der Waals surface area (Å²) >= 11 is 0. The molecular formula is C29H53NO6.